The van der Waals surface area contributed by atoms with Crippen LogP contribution in [0.1, 0.15) is 34.8 Å². The third kappa shape index (κ3) is 4.76. The molecule has 1 N–H and O–H groups in total. The molecule has 0 radical (unpaired) electrons. The van der Waals surface area contributed by atoms with Crippen molar-refractivity contribution in [3.63, 3.8) is 0 Å². The molecule has 1 atom stereocenters. The first-order chi connectivity index (χ1) is 14.5. The van der Waals surface area contributed by atoms with Crippen LogP contribution < -0.4 is 9.64 Å². The third-order valence-electron chi connectivity index (χ3n) is 5.35. The zero-order valence-corrected chi connectivity index (χ0v) is 17.7. The number of nitrogens with zero attached hydrogens (tertiary/aromatic N) is 4. The van der Waals surface area contributed by atoms with Gasteiger partial charge in [-0.25, -0.2) is 19.3 Å². The van der Waals surface area contributed by atoms with Crippen LogP contribution in [0.4, 0.5) is 10.3 Å². The van der Waals surface area contributed by atoms with Crippen LogP contribution in [0.5, 0.6) is 5.75 Å². The van der Waals surface area contributed by atoms with E-state index in [-0.39, 0.29) is 5.82 Å². The Labute approximate surface area is 179 Å². The summed E-state index contributed by atoms with van der Waals surface area (Å²) in [5.41, 5.74) is -0.00621. The number of aryl methyl sites for hydroxylation is 1. The van der Waals surface area contributed by atoms with Gasteiger partial charge in [0.1, 0.15) is 22.2 Å². The summed E-state index contributed by atoms with van der Waals surface area (Å²) < 4.78 is 18.7. The van der Waals surface area contributed by atoms with Crippen LogP contribution in [-0.4, -0.2) is 39.8 Å². The van der Waals surface area contributed by atoms with Gasteiger partial charge in [0.15, 0.2) is 0 Å². The fraction of sp³-hybridized carbons (Fsp3) is 0.409. The average molecular weight is 429 g/mol. The largest absolute Gasteiger partial charge is 0.493 e. The van der Waals surface area contributed by atoms with Crippen LogP contribution in [0.15, 0.2) is 42.7 Å². The fourth-order valence-corrected chi connectivity index (χ4v) is 4.83. The summed E-state index contributed by atoms with van der Waals surface area (Å²) in [4.78, 5) is 16.6. The molecule has 4 rings (SSSR count). The first-order valence-corrected chi connectivity index (χ1v) is 10.9. The molecule has 1 fully saturated rings. The van der Waals surface area contributed by atoms with Crippen LogP contribution >= 0.6 is 11.3 Å². The number of hydrogen-bond acceptors (Lipinski definition) is 7. The van der Waals surface area contributed by atoms with Gasteiger partial charge < -0.3 is 14.7 Å². The first kappa shape index (κ1) is 20.7. The van der Waals surface area contributed by atoms with Crippen molar-refractivity contribution in [1.82, 2.24) is 15.0 Å². The van der Waals surface area contributed by atoms with E-state index in [9.17, 15) is 9.50 Å². The minimum absolute atomic E-state index is 0.278. The summed E-state index contributed by atoms with van der Waals surface area (Å²) >= 11 is 1.56. The molecule has 1 unspecified atom stereocenters. The monoisotopic (exact) mass is 428 g/mol. The fourth-order valence-electron chi connectivity index (χ4n) is 3.64. The van der Waals surface area contributed by atoms with Crippen LogP contribution in [-0.2, 0) is 12.0 Å². The Kier molecular flexibility index (Phi) is 6.24. The van der Waals surface area contributed by atoms with E-state index in [1.54, 1.807) is 41.9 Å². The van der Waals surface area contributed by atoms with Gasteiger partial charge in [0, 0.05) is 43.2 Å². The summed E-state index contributed by atoms with van der Waals surface area (Å²) in [5.74, 6) is 1.07. The molecule has 0 aliphatic carbocycles. The molecule has 1 aromatic carbocycles. The number of anilines is 1. The molecule has 6 nitrogen and oxygen atoms in total. The maximum Gasteiger partial charge on any atom is 0.225 e. The number of benzene rings is 1. The normalized spacial score (nSPS) is 19.5. The molecule has 158 valence electrons. The second kappa shape index (κ2) is 9.06. The summed E-state index contributed by atoms with van der Waals surface area (Å²) in [6, 6.07) is 7.82. The lowest BCUT2D eigenvalue weighted by atomic mass is 9.96. The van der Waals surface area contributed by atoms with Gasteiger partial charge in [0.25, 0.3) is 0 Å². The lowest BCUT2D eigenvalue weighted by molar-refractivity contribution is 0.0241. The SMILES string of the molecule is Cc1nc(C2(O)CCCN(c3ncccn3)CC2)sc1CCOc1ccc(F)cc1. The van der Waals surface area contributed by atoms with E-state index in [4.69, 9.17) is 9.72 Å². The van der Waals surface area contributed by atoms with Gasteiger partial charge in [0.2, 0.25) is 5.95 Å². The predicted molar refractivity (Wildman–Crippen MR) is 114 cm³/mol. The van der Waals surface area contributed by atoms with Crippen molar-refractivity contribution in [2.45, 2.75) is 38.2 Å². The van der Waals surface area contributed by atoms with E-state index in [1.165, 1.54) is 12.1 Å². The van der Waals surface area contributed by atoms with E-state index in [0.717, 1.165) is 28.5 Å². The zero-order chi connectivity index (χ0) is 21.0. The van der Waals surface area contributed by atoms with Gasteiger partial charge in [-0.15, -0.1) is 11.3 Å². The zero-order valence-electron chi connectivity index (χ0n) is 16.9. The predicted octanol–water partition coefficient (Wildman–Crippen LogP) is 3.88. The molecular formula is C22H25FN4O2S. The summed E-state index contributed by atoms with van der Waals surface area (Å²) in [5, 5.41) is 12.1. The highest BCUT2D eigenvalue weighted by Gasteiger charge is 2.35. The molecule has 1 aliphatic rings. The maximum absolute atomic E-state index is 13.0. The molecule has 0 saturated carbocycles. The number of hydrogen-bond donors (Lipinski definition) is 1. The maximum atomic E-state index is 13.0. The van der Waals surface area contributed by atoms with E-state index < -0.39 is 5.60 Å². The highest BCUT2D eigenvalue weighted by Crippen LogP contribution is 2.37. The molecule has 2 aromatic heterocycles. The van der Waals surface area contributed by atoms with Crippen LogP contribution in [0.25, 0.3) is 0 Å². The number of aromatic nitrogens is 3. The van der Waals surface area contributed by atoms with Gasteiger partial charge in [-0.05, 0) is 50.1 Å². The molecule has 0 amide bonds. The molecule has 3 heterocycles. The summed E-state index contributed by atoms with van der Waals surface area (Å²) in [7, 11) is 0. The third-order valence-corrected chi connectivity index (χ3v) is 6.76. The van der Waals surface area contributed by atoms with Gasteiger partial charge >= 0.3 is 0 Å². The number of halogens is 1. The minimum atomic E-state index is -0.935. The van der Waals surface area contributed by atoms with E-state index >= 15 is 0 Å². The molecule has 0 spiro atoms. The lowest BCUT2D eigenvalue weighted by Crippen LogP contribution is -2.30. The van der Waals surface area contributed by atoms with Crippen molar-refractivity contribution >= 4 is 17.3 Å². The number of aliphatic hydroxyl groups is 1. The number of thiazole rings is 1. The Balaban J connectivity index is 1.39. The molecule has 1 aliphatic heterocycles. The van der Waals surface area contributed by atoms with Crippen molar-refractivity contribution in [3.05, 3.63) is 64.1 Å². The second-order valence-electron chi connectivity index (χ2n) is 7.50. The van der Waals surface area contributed by atoms with Crippen molar-refractivity contribution in [3.8, 4) is 5.75 Å². The minimum Gasteiger partial charge on any atom is -0.493 e. The molecular weight excluding hydrogens is 403 g/mol. The molecule has 8 heteroatoms. The summed E-state index contributed by atoms with van der Waals surface area (Å²) in [6.07, 6.45) is 6.27. The molecule has 0 bridgehead atoms. The highest BCUT2D eigenvalue weighted by atomic mass is 32.1. The first-order valence-electron chi connectivity index (χ1n) is 10.1. The van der Waals surface area contributed by atoms with E-state index in [2.05, 4.69) is 14.9 Å². The highest BCUT2D eigenvalue weighted by molar-refractivity contribution is 7.11. The van der Waals surface area contributed by atoms with Gasteiger partial charge in [-0.2, -0.15) is 0 Å². The summed E-state index contributed by atoms with van der Waals surface area (Å²) in [6.45, 7) is 3.94. The second-order valence-corrected chi connectivity index (χ2v) is 8.58. The van der Waals surface area contributed by atoms with Crippen molar-refractivity contribution in [2.24, 2.45) is 0 Å². The smallest absolute Gasteiger partial charge is 0.225 e. The van der Waals surface area contributed by atoms with Crippen LogP contribution in [0, 0.1) is 12.7 Å². The van der Waals surface area contributed by atoms with Gasteiger partial charge in [-0.1, -0.05) is 0 Å². The standard InChI is InChI=1S/C22H25FN4O2S/c1-16-19(8-15-29-18-6-4-17(23)5-7-18)30-20(26-16)22(28)9-2-13-27(14-10-22)21-24-11-3-12-25-21/h3-7,11-12,28H,2,8-10,13-15H2,1H3. The van der Waals surface area contributed by atoms with Crippen molar-refractivity contribution < 1.29 is 14.2 Å². The van der Waals surface area contributed by atoms with Crippen LogP contribution in [0.2, 0.25) is 0 Å². The lowest BCUT2D eigenvalue weighted by Gasteiger charge is -2.24. The molecule has 30 heavy (non-hydrogen) atoms. The topological polar surface area (TPSA) is 71.4 Å². The molecule has 3 aromatic rings. The molecule has 1 saturated heterocycles. The number of rotatable bonds is 6. The Morgan fingerprint density at radius 2 is 1.93 bits per heavy atom. The van der Waals surface area contributed by atoms with Crippen molar-refractivity contribution in [2.75, 3.05) is 24.6 Å². The Morgan fingerprint density at radius 3 is 2.70 bits per heavy atom. The van der Waals surface area contributed by atoms with E-state index in [0.29, 0.717) is 44.1 Å². The average Bonchev–Trinajstić information content (AvgIpc) is 3.01. The Hall–Kier alpha value is -2.58. The number of ether oxygens (including phenoxy) is 1. The van der Waals surface area contributed by atoms with Gasteiger partial charge in [-0.3, -0.25) is 0 Å². The van der Waals surface area contributed by atoms with Gasteiger partial charge in [0.05, 0.1) is 12.3 Å². The van der Waals surface area contributed by atoms with Crippen molar-refractivity contribution in [1.29, 1.82) is 0 Å². The van der Waals surface area contributed by atoms with Crippen LogP contribution in [0.3, 0.4) is 0 Å². The quantitative estimate of drug-likeness (QED) is 0.643. The van der Waals surface area contributed by atoms with E-state index in [1.807, 2.05) is 6.92 Å². The Bertz CT molecular complexity index is 967. The Morgan fingerprint density at radius 1 is 1.17 bits per heavy atom.